The van der Waals surface area contributed by atoms with Crippen LogP contribution in [-0.4, -0.2) is 31.3 Å². The molecule has 1 aliphatic rings. The van der Waals surface area contributed by atoms with Crippen molar-refractivity contribution in [3.63, 3.8) is 0 Å². The van der Waals surface area contributed by atoms with E-state index in [1.165, 1.54) is 30.8 Å². The highest BCUT2D eigenvalue weighted by molar-refractivity contribution is 8.02. The first kappa shape index (κ1) is 9.14. The Morgan fingerprint density at radius 2 is 2.00 bits per heavy atom. The van der Waals surface area contributed by atoms with Crippen LogP contribution in [0.1, 0.15) is 12.8 Å². The van der Waals surface area contributed by atoms with Crippen LogP contribution in [0.4, 0.5) is 0 Å². The van der Waals surface area contributed by atoms with Crippen LogP contribution in [0.25, 0.3) is 0 Å². The lowest BCUT2D eigenvalue weighted by atomic mass is 9.97. The first-order valence-electron chi connectivity index (χ1n) is 4.15. The minimum atomic E-state index is 0.779. The molecule has 1 saturated heterocycles. The number of nitrogens with zero attached hydrogens (tertiary/aromatic N) is 1. The van der Waals surface area contributed by atoms with Gasteiger partial charge in [-0.1, -0.05) is 6.58 Å². The molecule has 0 aromatic heterocycles. The summed E-state index contributed by atoms with van der Waals surface area (Å²) < 4.78 is 0. The van der Waals surface area contributed by atoms with Crippen molar-refractivity contribution in [3.05, 3.63) is 11.5 Å². The van der Waals surface area contributed by atoms with E-state index < -0.39 is 0 Å². The first-order chi connectivity index (χ1) is 5.24. The molecule has 0 spiro atoms. The normalized spacial score (nSPS) is 22.0. The summed E-state index contributed by atoms with van der Waals surface area (Å²) in [5, 5.41) is 0. The molecule has 1 rings (SSSR count). The summed E-state index contributed by atoms with van der Waals surface area (Å²) >= 11 is 1.82. The van der Waals surface area contributed by atoms with Gasteiger partial charge in [-0.3, -0.25) is 0 Å². The number of piperidine rings is 1. The summed E-state index contributed by atoms with van der Waals surface area (Å²) in [5.41, 5.74) is 0. The summed E-state index contributed by atoms with van der Waals surface area (Å²) in [7, 11) is 2.19. The number of likely N-dealkylation sites (tertiary alicyclic amines) is 1. The van der Waals surface area contributed by atoms with Gasteiger partial charge in [-0.15, -0.1) is 11.8 Å². The third kappa shape index (κ3) is 2.53. The molecule has 0 aromatic rings. The Kier molecular flexibility index (Phi) is 3.46. The van der Waals surface area contributed by atoms with Gasteiger partial charge in [-0.25, -0.2) is 0 Å². The van der Waals surface area contributed by atoms with E-state index >= 15 is 0 Å². The van der Waals surface area contributed by atoms with Gasteiger partial charge in [0.15, 0.2) is 0 Å². The monoisotopic (exact) mass is 171 g/mol. The van der Waals surface area contributed by atoms with Crippen molar-refractivity contribution in [1.82, 2.24) is 4.90 Å². The maximum Gasteiger partial charge on any atom is -0.00158 e. The number of hydrogen-bond donors (Lipinski definition) is 0. The lowest BCUT2D eigenvalue weighted by Gasteiger charge is -2.29. The molecule has 0 bridgehead atoms. The SMILES string of the molecule is C=C(SC)C1CCN(C)CC1. The van der Waals surface area contributed by atoms with Crippen LogP contribution in [0, 0.1) is 5.92 Å². The molecule has 1 fully saturated rings. The van der Waals surface area contributed by atoms with Gasteiger partial charge in [0.05, 0.1) is 0 Å². The van der Waals surface area contributed by atoms with Crippen LogP contribution < -0.4 is 0 Å². The number of thioether (sulfide) groups is 1. The first-order valence-corrected chi connectivity index (χ1v) is 5.38. The molecule has 0 atom stereocenters. The number of rotatable bonds is 2. The molecule has 0 N–H and O–H groups in total. The predicted octanol–water partition coefficient (Wildman–Crippen LogP) is 2.20. The largest absolute Gasteiger partial charge is 0.306 e. The third-order valence-electron chi connectivity index (χ3n) is 2.44. The van der Waals surface area contributed by atoms with Crippen LogP contribution in [0.15, 0.2) is 11.5 Å². The molecule has 0 radical (unpaired) electrons. The van der Waals surface area contributed by atoms with E-state index in [2.05, 4.69) is 24.8 Å². The second-order valence-corrected chi connectivity index (χ2v) is 4.18. The van der Waals surface area contributed by atoms with E-state index in [1.54, 1.807) is 0 Å². The van der Waals surface area contributed by atoms with Gasteiger partial charge >= 0.3 is 0 Å². The molecule has 0 aliphatic carbocycles. The Morgan fingerprint density at radius 1 is 1.45 bits per heavy atom. The lowest BCUT2D eigenvalue weighted by molar-refractivity contribution is 0.242. The molecule has 1 nitrogen and oxygen atoms in total. The summed E-state index contributed by atoms with van der Waals surface area (Å²) in [4.78, 5) is 3.77. The van der Waals surface area contributed by atoms with Crippen molar-refractivity contribution in [2.45, 2.75) is 12.8 Å². The third-order valence-corrected chi connectivity index (χ3v) is 3.29. The Balaban J connectivity index is 2.33. The van der Waals surface area contributed by atoms with Crippen LogP contribution in [0.3, 0.4) is 0 Å². The number of allylic oxidation sites excluding steroid dienone is 1. The summed E-state index contributed by atoms with van der Waals surface area (Å²) in [5.74, 6) is 0.779. The Morgan fingerprint density at radius 3 is 2.45 bits per heavy atom. The highest BCUT2D eigenvalue weighted by Crippen LogP contribution is 2.28. The van der Waals surface area contributed by atoms with Crippen molar-refractivity contribution in [2.75, 3.05) is 26.4 Å². The van der Waals surface area contributed by atoms with E-state index in [0.29, 0.717) is 0 Å². The molecule has 1 heterocycles. The fourth-order valence-electron chi connectivity index (χ4n) is 1.50. The van der Waals surface area contributed by atoms with Crippen molar-refractivity contribution in [2.24, 2.45) is 5.92 Å². The average Bonchev–Trinajstić information content (AvgIpc) is 2.05. The van der Waals surface area contributed by atoms with Crippen LogP contribution in [0.2, 0.25) is 0 Å². The topological polar surface area (TPSA) is 3.24 Å². The van der Waals surface area contributed by atoms with Gasteiger partial charge in [0.1, 0.15) is 0 Å². The minimum absolute atomic E-state index is 0.779. The molecule has 1 aliphatic heterocycles. The van der Waals surface area contributed by atoms with Gasteiger partial charge < -0.3 is 4.90 Å². The second kappa shape index (κ2) is 4.17. The summed E-state index contributed by atoms with van der Waals surface area (Å²) in [6, 6.07) is 0. The fourth-order valence-corrected chi connectivity index (χ4v) is 2.07. The van der Waals surface area contributed by atoms with Gasteiger partial charge in [0.2, 0.25) is 0 Å². The molecule has 0 aromatic carbocycles. The highest BCUT2D eigenvalue weighted by Gasteiger charge is 2.18. The zero-order valence-electron chi connectivity index (χ0n) is 7.47. The predicted molar refractivity (Wildman–Crippen MR) is 52.9 cm³/mol. The van der Waals surface area contributed by atoms with Crippen LogP contribution >= 0.6 is 11.8 Å². The average molecular weight is 171 g/mol. The molecule has 0 unspecified atom stereocenters. The maximum atomic E-state index is 4.07. The Hall–Kier alpha value is 0.0500. The van der Waals surface area contributed by atoms with E-state index in [-0.39, 0.29) is 0 Å². The van der Waals surface area contributed by atoms with Crippen molar-refractivity contribution < 1.29 is 0 Å². The Bertz CT molecular complexity index is 136. The van der Waals surface area contributed by atoms with Gasteiger partial charge in [0.25, 0.3) is 0 Å². The van der Waals surface area contributed by atoms with E-state index in [4.69, 9.17) is 0 Å². The molecule has 2 heteroatoms. The quantitative estimate of drug-likeness (QED) is 0.626. The van der Waals surface area contributed by atoms with Crippen LogP contribution in [-0.2, 0) is 0 Å². The van der Waals surface area contributed by atoms with Gasteiger partial charge in [0, 0.05) is 0 Å². The maximum absolute atomic E-state index is 4.07. The summed E-state index contributed by atoms with van der Waals surface area (Å²) in [6.45, 7) is 6.55. The van der Waals surface area contributed by atoms with Gasteiger partial charge in [-0.2, -0.15) is 0 Å². The van der Waals surface area contributed by atoms with Crippen molar-refractivity contribution in [3.8, 4) is 0 Å². The smallest absolute Gasteiger partial charge is 0.00158 e. The van der Waals surface area contributed by atoms with E-state index in [0.717, 1.165) is 5.92 Å². The van der Waals surface area contributed by atoms with Gasteiger partial charge in [-0.05, 0) is 50.1 Å². The second-order valence-electron chi connectivity index (χ2n) is 3.25. The number of hydrogen-bond acceptors (Lipinski definition) is 2. The fraction of sp³-hybridized carbons (Fsp3) is 0.778. The van der Waals surface area contributed by atoms with Crippen molar-refractivity contribution >= 4 is 11.8 Å². The Labute approximate surface area is 73.8 Å². The molecular weight excluding hydrogens is 154 g/mol. The standard InChI is InChI=1S/C9H17NS/c1-8(11-3)9-4-6-10(2)7-5-9/h9H,1,4-7H2,2-3H3. The van der Waals surface area contributed by atoms with Crippen molar-refractivity contribution in [1.29, 1.82) is 0 Å². The molecular formula is C9H17NS. The van der Waals surface area contributed by atoms with E-state index in [9.17, 15) is 0 Å². The van der Waals surface area contributed by atoms with E-state index in [1.807, 2.05) is 11.8 Å². The highest BCUT2D eigenvalue weighted by atomic mass is 32.2. The zero-order chi connectivity index (χ0) is 8.27. The zero-order valence-corrected chi connectivity index (χ0v) is 8.28. The lowest BCUT2D eigenvalue weighted by Crippen LogP contribution is -2.30. The van der Waals surface area contributed by atoms with Crippen LogP contribution in [0.5, 0.6) is 0 Å². The minimum Gasteiger partial charge on any atom is -0.306 e. The molecule has 0 saturated carbocycles. The molecule has 64 valence electrons. The summed E-state index contributed by atoms with van der Waals surface area (Å²) in [6.07, 6.45) is 4.73. The molecule has 0 amide bonds. The molecule has 11 heavy (non-hydrogen) atoms.